The Morgan fingerprint density at radius 1 is 1.27 bits per heavy atom. The van der Waals surface area contributed by atoms with Crippen molar-refractivity contribution >= 4 is 11.9 Å². The number of aryl methyl sites for hydroxylation is 1. The molecule has 0 bridgehead atoms. The van der Waals surface area contributed by atoms with Crippen molar-refractivity contribution < 1.29 is 14.3 Å². The smallest absolute Gasteiger partial charge is 0.310 e. The van der Waals surface area contributed by atoms with Crippen LogP contribution >= 0.6 is 0 Å². The number of amides is 1. The van der Waals surface area contributed by atoms with Gasteiger partial charge in [0.1, 0.15) is 0 Å². The van der Waals surface area contributed by atoms with Gasteiger partial charge in [-0.3, -0.25) is 14.6 Å². The molecule has 1 fully saturated rings. The SMILES string of the molecule is COC(=O)[C@@H]1CCCCC[C@@H]1NC(=O)CCc1ccccn1. The molecule has 1 aromatic rings. The van der Waals surface area contributed by atoms with Crippen LogP contribution in [0.15, 0.2) is 24.4 Å². The molecule has 1 aromatic heterocycles. The van der Waals surface area contributed by atoms with E-state index in [9.17, 15) is 9.59 Å². The lowest BCUT2D eigenvalue weighted by atomic mass is 9.94. The Hall–Kier alpha value is -1.91. The number of nitrogens with zero attached hydrogens (tertiary/aromatic N) is 1. The highest BCUT2D eigenvalue weighted by Crippen LogP contribution is 2.24. The third-order valence-corrected chi connectivity index (χ3v) is 4.20. The first-order valence-corrected chi connectivity index (χ1v) is 7.98. The standard InChI is InChI=1S/C17H24N2O3/c1-22-17(21)14-8-3-2-4-9-15(14)19-16(20)11-10-13-7-5-6-12-18-13/h5-7,12,14-15H,2-4,8-11H2,1H3,(H,19,20)/t14-,15+/m1/s1. The lowest BCUT2D eigenvalue weighted by Gasteiger charge is -2.24. The molecular weight excluding hydrogens is 280 g/mol. The maximum Gasteiger partial charge on any atom is 0.310 e. The molecule has 2 rings (SSSR count). The van der Waals surface area contributed by atoms with Crippen LogP contribution in [-0.2, 0) is 20.7 Å². The molecule has 0 radical (unpaired) electrons. The minimum absolute atomic E-state index is 0.0218. The van der Waals surface area contributed by atoms with E-state index >= 15 is 0 Å². The van der Waals surface area contributed by atoms with Gasteiger partial charge in [0.15, 0.2) is 0 Å². The van der Waals surface area contributed by atoms with Crippen LogP contribution < -0.4 is 5.32 Å². The van der Waals surface area contributed by atoms with Crippen LogP contribution in [0.4, 0.5) is 0 Å². The summed E-state index contributed by atoms with van der Waals surface area (Å²) in [6, 6.07) is 5.58. The first kappa shape index (κ1) is 16.5. The van der Waals surface area contributed by atoms with Crippen LogP contribution in [0.3, 0.4) is 0 Å². The van der Waals surface area contributed by atoms with Gasteiger partial charge in [-0.25, -0.2) is 0 Å². The van der Waals surface area contributed by atoms with E-state index in [2.05, 4.69) is 10.3 Å². The van der Waals surface area contributed by atoms with E-state index in [1.807, 2.05) is 18.2 Å². The van der Waals surface area contributed by atoms with E-state index in [0.717, 1.165) is 37.8 Å². The average molecular weight is 304 g/mol. The number of esters is 1. The molecule has 0 saturated heterocycles. The number of ether oxygens (including phenoxy) is 1. The van der Waals surface area contributed by atoms with E-state index in [-0.39, 0.29) is 23.8 Å². The second-order valence-electron chi connectivity index (χ2n) is 5.76. The number of pyridine rings is 1. The molecule has 1 aliphatic carbocycles. The maximum atomic E-state index is 12.2. The van der Waals surface area contributed by atoms with Crippen molar-refractivity contribution in [1.29, 1.82) is 0 Å². The van der Waals surface area contributed by atoms with Crippen molar-refractivity contribution in [3.63, 3.8) is 0 Å². The van der Waals surface area contributed by atoms with Gasteiger partial charge in [0.05, 0.1) is 13.0 Å². The molecule has 1 N–H and O–H groups in total. The van der Waals surface area contributed by atoms with Gasteiger partial charge in [0, 0.05) is 24.4 Å². The fourth-order valence-electron chi connectivity index (χ4n) is 2.98. The normalized spacial score (nSPS) is 21.7. The van der Waals surface area contributed by atoms with E-state index in [0.29, 0.717) is 12.8 Å². The third-order valence-electron chi connectivity index (χ3n) is 4.20. The topological polar surface area (TPSA) is 68.3 Å². The molecule has 1 saturated carbocycles. The van der Waals surface area contributed by atoms with Gasteiger partial charge in [0.25, 0.3) is 0 Å². The van der Waals surface area contributed by atoms with Crippen molar-refractivity contribution in [2.45, 2.75) is 51.0 Å². The van der Waals surface area contributed by atoms with Gasteiger partial charge in [-0.1, -0.05) is 25.3 Å². The second kappa shape index (κ2) is 8.51. The number of carbonyl (C=O) groups is 2. The van der Waals surface area contributed by atoms with Crippen molar-refractivity contribution in [2.75, 3.05) is 7.11 Å². The highest BCUT2D eigenvalue weighted by atomic mass is 16.5. The van der Waals surface area contributed by atoms with E-state index in [1.165, 1.54) is 7.11 Å². The van der Waals surface area contributed by atoms with Crippen molar-refractivity contribution in [3.05, 3.63) is 30.1 Å². The number of rotatable bonds is 5. The quantitative estimate of drug-likeness (QED) is 0.669. The van der Waals surface area contributed by atoms with Crippen molar-refractivity contribution in [2.24, 2.45) is 5.92 Å². The lowest BCUT2D eigenvalue weighted by Crippen LogP contribution is -2.43. The average Bonchev–Trinajstić information content (AvgIpc) is 2.78. The molecule has 22 heavy (non-hydrogen) atoms. The Bertz CT molecular complexity index is 490. The van der Waals surface area contributed by atoms with Crippen molar-refractivity contribution in [1.82, 2.24) is 10.3 Å². The number of hydrogen-bond donors (Lipinski definition) is 1. The van der Waals surface area contributed by atoms with Gasteiger partial charge in [0.2, 0.25) is 5.91 Å². The van der Waals surface area contributed by atoms with Gasteiger partial charge >= 0.3 is 5.97 Å². The Morgan fingerprint density at radius 3 is 2.82 bits per heavy atom. The Kier molecular flexibility index (Phi) is 6.37. The molecule has 1 amide bonds. The van der Waals surface area contributed by atoms with Gasteiger partial charge in [-0.05, 0) is 31.4 Å². The summed E-state index contributed by atoms with van der Waals surface area (Å²) in [6.45, 7) is 0. The van der Waals surface area contributed by atoms with Crippen LogP contribution in [-0.4, -0.2) is 30.0 Å². The maximum absolute atomic E-state index is 12.2. The lowest BCUT2D eigenvalue weighted by molar-refractivity contribution is -0.147. The Morgan fingerprint density at radius 2 is 2.09 bits per heavy atom. The summed E-state index contributed by atoms with van der Waals surface area (Å²) in [4.78, 5) is 28.3. The second-order valence-corrected chi connectivity index (χ2v) is 5.76. The van der Waals surface area contributed by atoms with Crippen LogP contribution in [0.1, 0.15) is 44.2 Å². The molecule has 120 valence electrons. The molecule has 5 nitrogen and oxygen atoms in total. The Labute approximate surface area is 131 Å². The van der Waals surface area contributed by atoms with Crippen LogP contribution in [0.2, 0.25) is 0 Å². The largest absolute Gasteiger partial charge is 0.469 e. The number of methoxy groups -OCH3 is 1. The highest BCUT2D eigenvalue weighted by Gasteiger charge is 2.31. The van der Waals surface area contributed by atoms with E-state index in [4.69, 9.17) is 4.74 Å². The third kappa shape index (κ3) is 4.83. The molecule has 1 heterocycles. The number of hydrogen-bond acceptors (Lipinski definition) is 4. The molecular formula is C17H24N2O3. The molecule has 0 aromatic carbocycles. The highest BCUT2D eigenvalue weighted by molar-refractivity contribution is 5.78. The van der Waals surface area contributed by atoms with Crippen LogP contribution in [0.5, 0.6) is 0 Å². The monoisotopic (exact) mass is 304 g/mol. The summed E-state index contributed by atoms with van der Waals surface area (Å²) in [5.41, 5.74) is 0.906. The number of aromatic nitrogens is 1. The first-order chi connectivity index (χ1) is 10.7. The summed E-state index contributed by atoms with van der Waals surface area (Å²) in [5.74, 6) is -0.449. The minimum atomic E-state index is -0.216. The van der Waals surface area contributed by atoms with Crippen molar-refractivity contribution in [3.8, 4) is 0 Å². The number of nitrogens with one attached hydrogen (secondary N) is 1. The predicted molar refractivity (Wildman–Crippen MR) is 83.1 cm³/mol. The molecule has 2 atom stereocenters. The zero-order valence-electron chi connectivity index (χ0n) is 13.1. The zero-order valence-corrected chi connectivity index (χ0v) is 13.1. The summed E-state index contributed by atoms with van der Waals surface area (Å²) in [5, 5.41) is 3.03. The van der Waals surface area contributed by atoms with Crippen LogP contribution in [0, 0.1) is 5.92 Å². The summed E-state index contributed by atoms with van der Waals surface area (Å²) >= 11 is 0. The predicted octanol–water partition coefficient (Wildman–Crippen LogP) is 2.25. The minimum Gasteiger partial charge on any atom is -0.469 e. The fraction of sp³-hybridized carbons (Fsp3) is 0.588. The van der Waals surface area contributed by atoms with Crippen LogP contribution in [0.25, 0.3) is 0 Å². The summed E-state index contributed by atoms with van der Waals surface area (Å²) in [6.07, 6.45) is 7.52. The molecule has 1 aliphatic rings. The summed E-state index contributed by atoms with van der Waals surface area (Å²) in [7, 11) is 1.41. The number of carbonyl (C=O) groups excluding carboxylic acids is 2. The zero-order chi connectivity index (χ0) is 15.8. The first-order valence-electron chi connectivity index (χ1n) is 7.98. The molecule has 0 aliphatic heterocycles. The fourth-order valence-corrected chi connectivity index (χ4v) is 2.98. The molecule has 0 unspecified atom stereocenters. The van der Waals surface area contributed by atoms with Gasteiger partial charge in [-0.2, -0.15) is 0 Å². The van der Waals surface area contributed by atoms with E-state index < -0.39 is 0 Å². The van der Waals surface area contributed by atoms with Gasteiger partial charge < -0.3 is 10.1 Å². The molecule has 5 heteroatoms. The van der Waals surface area contributed by atoms with E-state index in [1.54, 1.807) is 6.20 Å². The Balaban J connectivity index is 1.88. The molecule has 0 spiro atoms. The summed E-state index contributed by atoms with van der Waals surface area (Å²) < 4.78 is 4.89. The van der Waals surface area contributed by atoms with Gasteiger partial charge in [-0.15, -0.1) is 0 Å².